The molecule has 0 fully saturated rings. The summed E-state index contributed by atoms with van der Waals surface area (Å²) in [5.41, 5.74) is 1.83. The highest BCUT2D eigenvalue weighted by molar-refractivity contribution is 6.09. The Labute approximate surface area is 163 Å². The lowest BCUT2D eigenvalue weighted by molar-refractivity contribution is -0.129. The van der Waals surface area contributed by atoms with Crippen molar-refractivity contribution in [3.05, 3.63) is 83.7 Å². The van der Waals surface area contributed by atoms with E-state index in [1.165, 1.54) is 6.20 Å². The molecule has 6 nitrogen and oxygen atoms in total. The van der Waals surface area contributed by atoms with Gasteiger partial charge < -0.3 is 14.7 Å². The van der Waals surface area contributed by atoms with Crippen molar-refractivity contribution in [2.75, 3.05) is 11.9 Å². The SMILES string of the molecule is CN1C(=O)[C@](CC(=O)NCc2ccno2)(Cc2ccccc2)c2ccccc21. The molecule has 1 aromatic heterocycles. The first-order valence-electron chi connectivity index (χ1n) is 9.18. The first-order chi connectivity index (χ1) is 13.6. The van der Waals surface area contributed by atoms with E-state index in [0.717, 1.165) is 16.8 Å². The molecule has 0 saturated heterocycles. The minimum atomic E-state index is -0.932. The Morgan fingerprint density at radius 1 is 1.11 bits per heavy atom. The maximum atomic E-state index is 13.4. The number of nitrogens with one attached hydrogen (secondary N) is 1. The summed E-state index contributed by atoms with van der Waals surface area (Å²) in [4.78, 5) is 27.8. The number of carbonyl (C=O) groups is 2. The molecule has 0 spiro atoms. The van der Waals surface area contributed by atoms with Gasteiger partial charge in [-0.15, -0.1) is 0 Å². The first-order valence-corrected chi connectivity index (χ1v) is 9.18. The maximum absolute atomic E-state index is 13.4. The van der Waals surface area contributed by atoms with E-state index < -0.39 is 5.41 Å². The fourth-order valence-corrected chi connectivity index (χ4v) is 3.92. The van der Waals surface area contributed by atoms with Gasteiger partial charge in [0.25, 0.3) is 0 Å². The third-order valence-electron chi connectivity index (χ3n) is 5.26. The summed E-state index contributed by atoms with van der Waals surface area (Å²) in [7, 11) is 1.76. The Morgan fingerprint density at radius 2 is 1.86 bits per heavy atom. The highest BCUT2D eigenvalue weighted by atomic mass is 16.5. The molecule has 0 radical (unpaired) electrons. The number of amides is 2. The summed E-state index contributed by atoms with van der Waals surface area (Å²) in [5.74, 6) is 0.305. The van der Waals surface area contributed by atoms with Crippen LogP contribution >= 0.6 is 0 Å². The zero-order chi connectivity index (χ0) is 19.6. The summed E-state index contributed by atoms with van der Waals surface area (Å²) in [5, 5.41) is 6.48. The number of para-hydroxylation sites is 1. The molecule has 6 heteroatoms. The Balaban J connectivity index is 1.66. The monoisotopic (exact) mass is 375 g/mol. The fourth-order valence-electron chi connectivity index (χ4n) is 3.92. The molecule has 0 unspecified atom stereocenters. The molecule has 4 rings (SSSR count). The van der Waals surface area contributed by atoms with E-state index in [9.17, 15) is 9.59 Å². The van der Waals surface area contributed by atoms with Gasteiger partial charge in [0.2, 0.25) is 11.8 Å². The molecule has 3 aromatic rings. The van der Waals surface area contributed by atoms with E-state index in [1.807, 2.05) is 54.6 Å². The number of carbonyl (C=O) groups excluding carboxylic acids is 2. The second kappa shape index (κ2) is 7.31. The number of fused-ring (bicyclic) bond motifs is 1. The lowest BCUT2D eigenvalue weighted by Crippen LogP contribution is -2.44. The van der Waals surface area contributed by atoms with Crippen molar-refractivity contribution in [3.8, 4) is 0 Å². The van der Waals surface area contributed by atoms with Gasteiger partial charge in [0, 0.05) is 25.2 Å². The second-order valence-corrected chi connectivity index (χ2v) is 7.06. The zero-order valence-corrected chi connectivity index (χ0v) is 15.6. The largest absolute Gasteiger partial charge is 0.360 e. The molecule has 1 aliphatic heterocycles. The number of likely N-dealkylation sites (N-methyl/N-ethyl adjacent to an activating group) is 1. The standard InChI is InChI=1S/C22H21N3O3/c1-25-19-10-6-5-9-18(19)22(21(25)27,13-16-7-3-2-4-8-16)14-20(26)23-15-17-11-12-24-28-17/h2-12H,13-15H2,1H3,(H,23,26)/t22-/m0/s1. The summed E-state index contributed by atoms with van der Waals surface area (Å²) in [6.07, 6.45) is 2.06. The Kier molecular flexibility index (Phi) is 4.69. The first kappa shape index (κ1) is 18.0. The van der Waals surface area contributed by atoms with Crippen LogP contribution in [0, 0.1) is 0 Å². The lowest BCUT2D eigenvalue weighted by atomic mass is 9.73. The van der Waals surface area contributed by atoms with Crippen LogP contribution in [-0.4, -0.2) is 24.0 Å². The Bertz CT molecular complexity index is 985. The van der Waals surface area contributed by atoms with Gasteiger partial charge in [-0.3, -0.25) is 9.59 Å². The minimum absolute atomic E-state index is 0.0626. The number of anilines is 1. The normalized spacial score (nSPS) is 18.2. The molecule has 2 heterocycles. The predicted octanol–water partition coefficient (Wildman–Crippen LogP) is 2.84. The number of hydrogen-bond donors (Lipinski definition) is 1. The molecular weight excluding hydrogens is 354 g/mol. The van der Waals surface area contributed by atoms with Gasteiger partial charge in [0.1, 0.15) is 0 Å². The summed E-state index contributed by atoms with van der Waals surface area (Å²) >= 11 is 0. The van der Waals surface area contributed by atoms with Crippen LogP contribution in [0.4, 0.5) is 5.69 Å². The molecule has 1 aliphatic rings. The van der Waals surface area contributed by atoms with E-state index >= 15 is 0 Å². The Hall–Kier alpha value is -3.41. The Morgan fingerprint density at radius 3 is 2.61 bits per heavy atom. The van der Waals surface area contributed by atoms with Crippen LogP contribution in [0.2, 0.25) is 0 Å². The average molecular weight is 375 g/mol. The van der Waals surface area contributed by atoms with Crippen LogP contribution in [0.1, 0.15) is 23.3 Å². The molecule has 2 aromatic carbocycles. The lowest BCUT2D eigenvalue weighted by Gasteiger charge is -2.28. The van der Waals surface area contributed by atoms with Crippen molar-refractivity contribution in [3.63, 3.8) is 0 Å². The number of nitrogens with zero attached hydrogens (tertiary/aromatic N) is 2. The maximum Gasteiger partial charge on any atom is 0.238 e. The molecule has 1 N–H and O–H groups in total. The van der Waals surface area contributed by atoms with Crippen LogP contribution in [-0.2, 0) is 28.0 Å². The smallest absolute Gasteiger partial charge is 0.238 e. The predicted molar refractivity (Wildman–Crippen MR) is 105 cm³/mol. The van der Waals surface area contributed by atoms with Crippen LogP contribution in [0.15, 0.2) is 71.4 Å². The van der Waals surface area contributed by atoms with E-state index in [1.54, 1.807) is 18.0 Å². The molecule has 28 heavy (non-hydrogen) atoms. The van der Waals surface area contributed by atoms with Crippen LogP contribution in [0.5, 0.6) is 0 Å². The number of benzene rings is 2. The highest BCUT2D eigenvalue weighted by Gasteiger charge is 2.50. The number of aromatic nitrogens is 1. The topological polar surface area (TPSA) is 75.4 Å². The van der Waals surface area contributed by atoms with E-state index in [4.69, 9.17) is 4.52 Å². The van der Waals surface area contributed by atoms with E-state index in [0.29, 0.717) is 12.2 Å². The third kappa shape index (κ3) is 3.17. The molecule has 142 valence electrons. The van der Waals surface area contributed by atoms with Crippen molar-refractivity contribution >= 4 is 17.5 Å². The molecule has 0 saturated carbocycles. The van der Waals surface area contributed by atoms with Crippen LogP contribution in [0.25, 0.3) is 0 Å². The van der Waals surface area contributed by atoms with Gasteiger partial charge >= 0.3 is 0 Å². The second-order valence-electron chi connectivity index (χ2n) is 7.06. The number of rotatable bonds is 6. The van der Waals surface area contributed by atoms with Crippen LogP contribution in [0.3, 0.4) is 0 Å². The van der Waals surface area contributed by atoms with Gasteiger partial charge in [-0.05, 0) is 23.6 Å². The zero-order valence-electron chi connectivity index (χ0n) is 15.6. The van der Waals surface area contributed by atoms with Crippen molar-refractivity contribution in [2.45, 2.75) is 24.8 Å². The molecule has 1 atom stereocenters. The fraction of sp³-hybridized carbons (Fsp3) is 0.227. The quantitative estimate of drug-likeness (QED) is 0.719. The molecule has 0 bridgehead atoms. The molecule has 0 aliphatic carbocycles. The minimum Gasteiger partial charge on any atom is -0.360 e. The summed E-state index contributed by atoms with van der Waals surface area (Å²) in [6, 6.07) is 19.2. The van der Waals surface area contributed by atoms with Gasteiger partial charge in [-0.1, -0.05) is 53.7 Å². The van der Waals surface area contributed by atoms with Gasteiger partial charge in [-0.2, -0.15) is 0 Å². The molecular formula is C22H21N3O3. The van der Waals surface area contributed by atoms with Crippen LogP contribution < -0.4 is 10.2 Å². The third-order valence-corrected chi connectivity index (χ3v) is 5.26. The van der Waals surface area contributed by atoms with E-state index in [-0.39, 0.29) is 24.8 Å². The van der Waals surface area contributed by atoms with Gasteiger partial charge in [0.15, 0.2) is 5.76 Å². The molecule has 2 amide bonds. The van der Waals surface area contributed by atoms with Crippen molar-refractivity contribution in [2.24, 2.45) is 0 Å². The summed E-state index contributed by atoms with van der Waals surface area (Å²) in [6.45, 7) is 0.242. The van der Waals surface area contributed by atoms with Gasteiger partial charge in [0.05, 0.1) is 18.2 Å². The van der Waals surface area contributed by atoms with Gasteiger partial charge in [-0.25, -0.2) is 0 Å². The van der Waals surface area contributed by atoms with Crippen molar-refractivity contribution < 1.29 is 14.1 Å². The van der Waals surface area contributed by atoms with Crippen molar-refractivity contribution in [1.82, 2.24) is 10.5 Å². The van der Waals surface area contributed by atoms with E-state index in [2.05, 4.69) is 10.5 Å². The average Bonchev–Trinajstić information content (AvgIpc) is 3.31. The summed E-state index contributed by atoms with van der Waals surface area (Å²) < 4.78 is 5.03. The van der Waals surface area contributed by atoms with Crippen molar-refractivity contribution in [1.29, 1.82) is 0 Å². The number of hydrogen-bond acceptors (Lipinski definition) is 4. The highest BCUT2D eigenvalue weighted by Crippen LogP contribution is 2.45.